The summed E-state index contributed by atoms with van der Waals surface area (Å²) in [4.78, 5) is 0. The molecule has 0 spiro atoms. The van der Waals surface area contributed by atoms with Gasteiger partial charge in [0.2, 0.25) is 0 Å². The second kappa shape index (κ2) is 2.94. The van der Waals surface area contributed by atoms with Crippen molar-refractivity contribution in [3.63, 3.8) is 0 Å². The van der Waals surface area contributed by atoms with Gasteiger partial charge in [0.05, 0.1) is 13.2 Å². The number of rotatable bonds is 0. The van der Waals surface area contributed by atoms with Crippen molar-refractivity contribution in [3.8, 4) is 0 Å². The first-order valence-corrected chi connectivity index (χ1v) is 5.52. The van der Waals surface area contributed by atoms with Crippen molar-refractivity contribution >= 4 is 0 Å². The van der Waals surface area contributed by atoms with E-state index in [0.29, 0.717) is 0 Å². The highest BCUT2D eigenvalue weighted by molar-refractivity contribution is 5.26. The average Bonchev–Trinajstić information content (AvgIpc) is 2.27. The number of ether oxygens (including phenoxy) is 2. The van der Waals surface area contributed by atoms with Crippen LogP contribution >= 0.6 is 0 Å². The third-order valence-electron chi connectivity index (χ3n) is 3.70. The summed E-state index contributed by atoms with van der Waals surface area (Å²) in [7, 11) is 0. The van der Waals surface area contributed by atoms with Gasteiger partial charge < -0.3 is 9.47 Å². The minimum Gasteiger partial charge on any atom is -0.346 e. The van der Waals surface area contributed by atoms with Gasteiger partial charge in [-0.3, -0.25) is 0 Å². The summed E-state index contributed by atoms with van der Waals surface area (Å²) in [5, 5.41) is 0. The van der Waals surface area contributed by atoms with Crippen LogP contribution < -0.4 is 0 Å². The molecule has 0 bridgehead atoms. The summed E-state index contributed by atoms with van der Waals surface area (Å²) in [6.07, 6.45) is 13.3. The molecule has 0 aromatic heterocycles. The lowest BCUT2D eigenvalue weighted by atomic mass is 9.67. The quantitative estimate of drug-likeness (QED) is 0.587. The van der Waals surface area contributed by atoms with Gasteiger partial charge in [0.15, 0.2) is 5.79 Å². The lowest BCUT2D eigenvalue weighted by molar-refractivity contribution is -0.297. The van der Waals surface area contributed by atoms with Gasteiger partial charge in [0.1, 0.15) is 0 Å². The zero-order valence-corrected chi connectivity index (χ0v) is 8.37. The first-order chi connectivity index (χ1) is 6.87. The summed E-state index contributed by atoms with van der Waals surface area (Å²) < 4.78 is 11.8. The fourth-order valence-corrected chi connectivity index (χ4v) is 2.99. The molecule has 2 heterocycles. The van der Waals surface area contributed by atoms with E-state index < -0.39 is 5.79 Å². The Morgan fingerprint density at radius 1 is 0.857 bits per heavy atom. The Kier molecular flexibility index (Phi) is 1.83. The van der Waals surface area contributed by atoms with E-state index in [9.17, 15) is 0 Å². The van der Waals surface area contributed by atoms with E-state index in [2.05, 4.69) is 24.3 Å². The minimum atomic E-state index is -0.418. The van der Waals surface area contributed by atoms with Crippen molar-refractivity contribution in [2.24, 2.45) is 5.41 Å². The van der Waals surface area contributed by atoms with Crippen molar-refractivity contribution in [1.82, 2.24) is 0 Å². The molecule has 3 aliphatic rings. The molecule has 2 nitrogen and oxygen atoms in total. The van der Waals surface area contributed by atoms with Crippen LogP contribution in [0.1, 0.15) is 25.7 Å². The highest BCUT2D eigenvalue weighted by Gasteiger charge is 2.54. The number of hydrogen-bond acceptors (Lipinski definition) is 2. The molecule has 1 aliphatic carbocycles. The summed E-state index contributed by atoms with van der Waals surface area (Å²) in [6, 6.07) is 0. The van der Waals surface area contributed by atoms with Crippen molar-refractivity contribution in [3.05, 3.63) is 24.3 Å². The third kappa shape index (κ3) is 0.984. The van der Waals surface area contributed by atoms with E-state index in [0.717, 1.165) is 26.1 Å². The largest absolute Gasteiger partial charge is 0.346 e. The van der Waals surface area contributed by atoms with E-state index >= 15 is 0 Å². The molecule has 2 fully saturated rings. The molecule has 0 N–H and O–H groups in total. The Morgan fingerprint density at radius 3 is 2.14 bits per heavy atom. The topological polar surface area (TPSA) is 18.5 Å². The molecule has 0 atom stereocenters. The van der Waals surface area contributed by atoms with E-state index in [1.165, 1.54) is 12.8 Å². The summed E-state index contributed by atoms with van der Waals surface area (Å²) in [5.74, 6) is -0.418. The maximum atomic E-state index is 5.90. The lowest BCUT2D eigenvalue weighted by Crippen LogP contribution is -2.56. The normalized spacial score (nSPS) is 45.7. The number of allylic oxidation sites excluding steroid dienone is 2. The van der Waals surface area contributed by atoms with Crippen LogP contribution in [0.3, 0.4) is 0 Å². The van der Waals surface area contributed by atoms with Gasteiger partial charge in [0.25, 0.3) is 0 Å². The standard InChI is InChI=1S/C12H16O2/c1-2-8-12-11(5-1,6-3-9-13-12)7-4-10-14-12/h1-2,5,8H,3-4,6-7,9-10H2. The van der Waals surface area contributed by atoms with Crippen LogP contribution in [0.25, 0.3) is 0 Å². The Bertz CT molecular complexity index is 249. The first kappa shape index (κ1) is 8.69. The van der Waals surface area contributed by atoms with Crippen LogP contribution in [-0.2, 0) is 9.47 Å². The van der Waals surface area contributed by atoms with Gasteiger partial charge in [0, 0.05) is 5.41 Å². The molecule has 2 heteroatoms. The molecule has 14 heavy (non-hydrogen) atoms. The first-order valence-electron chi connectivity index (χ1n) is 5.52. The molecule has 2 saturated heterocycles. The van der Waals surface area contributed by atoms with Gasteiger partial charge in [-0.15, -0.1) is 0 Å². The van der Waals surface area contributed by atoms with Crippen LogP contribution in [-0.4, -0.2) is 19.0 Å². The highest BCUT2D eigenvalue weighted by Crippen LogP contribution is 2.52. The molecule has 2 aliphatic heterocycles. The molecular formula is C12H16O2. The van der Waals surface area contributed by atoms with Gasteiger partial charge in [-0.2, -0.15) is 0 Å². The van der Waals surface area contributed by atoms with E-state index in [-0.39, 0.29) is 5.41 Å². The molecule has 0 aromatic carbocycles. The van der Waals surface area contributed by atoms with Crippen LogP contribution in [0.2, 0.25) is 0 Å². The monoisotopic (exact) mass is 192 g/mol. The van der Waals surface area contributed by atoms with Crippen LogP contribution in [0.4, 0.5) is 0 Å². The second-order valence-corrected chi connectivity index (χ2v) is 4.45. The predicted octanol–water partition coefficient (Wildman–Crippen LogP) is 2.42. The van der Waals surface area contributed by atoms with Crippen LogP contribution in [0.5, 0.6) is 0 Å². The zero-order valence-electron chi connectivity index (χ0n) is 8.37. The average molecular weight is 192 g/mol. The molecule has 0 aromatic rings. The van der Waals surface area contributed by atoms with Crippen molar-refractivity contribution in [1.29, 1.82) is 0 Å². The third-order valence-corrected chi connectivity index (χ3v) is 3.70. The van der Waals surface area contributed by atoms with Crippen molar-refractivity contribution < 1.29 is 9.47 Å². The Labute approximate surface area is 84.6 Å². The fourth-order valence-electron chi connectivity index (χ4n) is 2.99. The maximum absolute atomic E-state index is 5.90. The minimum absolute atomic E-state index is 0.137. The second-order valence-electron chi connectivity index (χ2n) is 4.45. The fraction of sp³-hybridized carbons (Fsp3) is 0.667. The van der Waals surface area contributed by atoms with Crippen LogP contribution in [0, 0.1) is 5.41 Å². The van der Waals surface area contributed by atoms with Gasteiger partial charge in [-0.05, 0) is 31.8 Å². The van der Waals surface area contributed by atoms with Crippen LogP contribution in [0.15, 0.2) is 24.3 Å². The summed E-state index contributed by atoms with van der Waals surface area (Å²) in [6.45, 7) is 1.67. The SMILES string of the molecule is C1=CC23CCCOC2(C=C1)OCCC3. The van der Waals surface area contributed by atoms with E-state index in [1.807, 2.05) is 0 Å². The smallest absolute Gasteiger partial charge is 0.197 e. The predicted molar refractivity (Wildman–Crippen MR) is 53.8 cm³/mol. The number of hydrogen-bond donors (Lipinski definition) is 0. The maximum Gasteiger partial charge on any atom is 0.197 e. The molecule has 76 valence electrons. The van der Waals surface area contributed by atoms with Crippen molar-refractivity contribution in [2.45, 2.75) is 31.5 Å². The van der Waals surface area contributed by atoms with Gasteiger partial charge in [-0.1, -0.05) is 18.2 Å². The molecular weight excluding hydrogens is 176 g/mol. The zero-order chi connectivity index (χ0) is 9.49. The molecule has 0 unspecified atom stereocenters. The highest BCUT2D eigenvalue weighted by atomic mass is 16.7. The van der Waals surface area contributed by atoms with E-state index in [1.54, 1.807) is 0 Å². The Balaban J connectivity index is 2.04. The molecule has 0 amide bonds. The summed E-state index contributed by atoms with van der Waals surface area (Å²) in [5.41, 5.74) is 0.137. The summed E-state index contributed by atoms with van der Waals surface area (Å²) >= 11 is 0. The Hall–Kier alpha value is -0.600. The lowest BCUT2D eigenvalue weighted by Gasteiger charge is -2.53. The van der Waals surface area contributed by atoms with Gasteiger partial charge in [-0.25, -0.2) is 0 Å². The molecule has 0 saturated carbocycles. The van der Waals surface area contributed by atoms with Gasteiger partial charge >= 0.3 is 0 Å². The molecule has 3 rings (SSSR count). The van der Waals surface area contributed by atoms with Crippen molar-refractivity contribution in [2.75, 3.05) is 13.2 Å². The Morgan fingerprint density at radius 2 is 1.50 bits per heavy atom. The van der Waals surface area contributed by atoms with E-state index in [4.69, 9.17) is 9.47 Å². The molecule has 0 radical (unpaired) electrons.